The fraction of sp³-hybridized carbons (Fsp3) is 0.231. The van der Waals surface area contributed by atoms with E-state index in [9.17, 15) is 4.79 Å². The fourth-order valence-corrected chi connectivity index (χ4v) is 1.59. The summed E-state index contributed by atoms with van der Waals surface area (Å²) in [5, 5.41) is 4.28. The number of para-hydroxylation sites is 1. The summed E-state index contributed by atoms with van der Waals surface area (Å²) in [6.07, 6.45) is 3.65. The predicted molar refractivity (Wildman–Crippen MR) is 70.3 cm³/mol. The van der Waals surface area contributed by atoms with E-state index in [0.717, 1.165) is 11.3 Å². The number of aromatic nitrogens is 2. The van der Waals surface area contributed by atoms with E-state index in [1.807, 2.05) is 43.5 Å². The normalized spacial score (nSPS) is 12.3. The largest absolute Gasteiger partial charge is 0.368 e. The highest BCUT2D eigenvalue weighted by molar-refractivity contribution is 5.74. The summed E-state index contributed by atoms with van der Waals surface area (Å²) in [7, 11) is 0. The molecule has 3 N–H and O–H groups in total. The van der Waals surface area contributed by atoms with Crippen molar-refractivity contribution >= 4 is 5.91 Å². The summed E-state index contributed by atoms with van der Waals surface area (Å²) >= 11 is 0. The molecular weight excluding hydrogens is 244 g/mol. The average molecular weight is 260 g/mol. The lowest BCUT2D eigenvalue weighted by Crippen LogP contribution is -2.26. The standard InChI is InChI=1S/C13H16N4O2/c1-10(16-19-9-13(14)18)11-7-15-17(8-11)12-5-3-2-4-6-12/h2-8,10,16H,9H2,1H3,(H2,14,18). The molecule has 2 rings (SSSR count). The third-order valence-electron chi connectivity index (χ3n) is 2.60. The van der Waals surface area contributed by atoms with Crippen molar-refractivity contribution in [3.8, 4) is 5.69 Å². The Morgan fingerprint density at radius 3 is 2.89 bits per heavy atom. The van der Waals surface area contributed by atoms with Crippen molar-refractivity contribution in [1.82, 2.24) is 15.3 Å². The van der Waals surface area contributed by atoms with E-state index >= 15 is 0 Å². The van der Waals surface area contributed by atoms with Crippen LogP contribution in [-0.4, -0.2) is 22.3 Å². The number of hydroxylamine groups is 1. The first-order valence-corrected chi connectivity index (χ1v) is 5.92. The van der Waals surface area contributed by atoms with Crippen LogP contribution in [0, 0.1) is 0 Å². The van der Waals surface area contributed by atoms with Gasteiger partial charge in [-0.1, -0.05) is 18.2 Å². The monoisotopic (exact) mass is 260 g/mol. The number of primary amides is 1. The molecule has 0 saturated carbocycles. The number of nitrogens with two attached hydrogens (primary N) is 1. The van der Waals surface area contributed by atoms with Gasteiger partial charge in [-0.3, -0.25) is 9.63 Å². The maximum Gasteiger partial charge on any atom is 0.245 e. The van der Waals surface area contributed by atoms with Crippen molar-refractivity contribution in [2.75, 3.05) is 6.61 Å². The Morgan fingerprint density at radius 1 is 1.47 bits per heavy atom. The van der Waals surface area contributed by atoms with Gasteiger partial charge in [0.2, 0.25) is 5.91 Å². The Balaban J connectivity index is 1.99. The second-order valence-corrected chi connectivity index (χ2v) is 4.15. The first-order valence-electron chi connectivity index (χ1n) is 5.92. The molecule has 0 fully saturated rings. The van der Waals surface area contributed by atoms with Gasteiger partial charge in [-0.05, 0) is 19.1 Å². The van der Waals surface area contributed by atoms with Crippen LogP contribution < -0.4 is 11.2 Å². The molecule has 0 aliphatic rings. The lowest BCUT2D eigenvalue weighted by Gasteiger charge is -2.10. The Kier molecular flexibility index (Phi) is 4.27. The van der Waals surface area contributed by atoms with Crippen molar-refractivity contribution in [2.24, 2.45) is 5.73 Å². The predicted octanol–water partition coefficient (Wildman–Crippen LogP) is 0.940. The summed E-state index contributed by atoms with van der Waals surface area (Å²) < 4.78 is 1.78. The van der Waals surface area contributed by atoms with Crippen LogP contribution in [0.4, 0.5) is 0 Å². The zero-order valence-electron chi connectivity index (χ0n) is 10.6. The molecule has 6 nitrogen and oxygen atoms in total. The maximum atomic E-state index is 10.5. The highest BCUT2D eigenvalue weighted by atomic mass is 16.6. The number of rotatable bonds is 6. The first-order chi connectivity index (χ1) is 9.16. The number of hydrogen-bond donors (Lipinski definition) is 2. The summed E-state index contributed by atoms with van der Waals surface area (Å²) in [6, 6.07) is 9.71. The summed E-state index contributed by atoms with van der Waals surface area (Å²) in [6.45, 7) is 1.75. The van der Waals surface area contributed by atoms with E-state index in [-0.39, 0.29) is 12.6 Å². The number of benzene rings is 1. The van der Waals surface area contributed by atoms with Crippen molar-refractivity contribution in [1.29, 1.82) is 0 Å². The van der Waals surface area contributed by atoms with Gasteiger partial charge in [-0.25, -0.2) is 4.68 Å². The molecule has 1 heterocycles. The number of carbonyl (C=O) groups is 1. The minimum Gasteiger partial charge on any atom is -0.368 e. The molecule has 0 bridgehead atoms. The smallest absolute Gasteiger partial charge is 0.245 e. The maximum absolute atomic E-state index is 10.5. The van der Waals surface area contributed by atoms with Gasteiger partial charge >= 0.3 is 0 Å². The summed E-state index contributed by atoms with van der Waals surface area (Å²) in [5.41, 5.74) is 9.66. The second kappa shape index (κ2) is 6.12. The molecular formula is C13H16N4O2. The molecule has 19 heavy (non-hydrogen) atoms. The van der Waals surface area contributed by atoms with Crippen molar-refractivity contribution in [3.05, 3.63) is 48.3 Å². The third-order valence-corrected chi connectivity index (χ3v) is 2.60. The molecule has 0 aliphatic carbocycles. The van der Waals surface area contributed by atoms with Gasteiger partial charge < -0.3 is 5.73 Å². The molecule has 0 saturated heterocycles. The van der Waals surface area contributed by atoms with Gasteiger partial charge in [0, 0.05) is 11.8 Å². The van der Waals surface area contributed by atoms with Gasteiger partial charge in [0.05, 0.1) is 17.9 Å². The van der Waals surface area contributed by atoms with Crippen LogP contribution in [0.5, 0.6) is 0 Å². The van der Waals surface area contributed by atoms with Gasteiger partial charge in [0.25, 0.3) is 0 Å². The van der Waals surface area contributed by atoms with Gasteiger partial charge in [0.15, 0.2) is 0 Å². The number of hydrogen-bond acceptors (Lipinski definition) is 4. The Bertz CT molecular complexity index is 539. The van der Waals surface area contributed by atoms with Crippen LogP contribution >= 0.6 is 0 Å². The first kappa shape index (κ1) is 13.3. The molecule has 1 atom stereocenters. The fourth-order valence-electron chi connectivity index (χ4n) is 1.59. The van der Waals surface area contributed by atoms with E-state index in [4.69, 9.17) is 10.6 Å². The minimum atomic E-state index is -0.514. The van der Waals surface area contributed by atoms with E-state index in [1.165, 1.54) is 0 Å². The van der Waals surface area contributed by atoms with Crippen LogP contribution in [0.15, 0.2) is 42.7 Å². The van der Waals surface area contributed by atoms with Crippen LogP contribution in [0.1, 0.15) is 18.5 Å². The molecule has 100 valence electrons. The number of nitrogens with one attached hydrogen (secondary N) is 1. The van der Waals surface area contributed by atoms with Crippen molar-refractivity contribution < 1.29 is 9.63 Å². The van der Waals surface area contributed by atoms with Crippen LogP contribution in [0.3, 0.4) is 0 Å². The number of amides is 1. The van der Waals surface area contributed by atoms with Crippen LogP contribution in [-0.2, 0) is 9.63 Å². The van der Waals surface area contributed by atoms with Gasteiger partial charge in [-0.2, -0.15) is 10.6 Å². The van der Waals surface area contributed by atoms with Crippen LogP contribution in [0.2, 0.25) is 0 Å². The van der Waals surface area contributed by atoms with E-state index < -0.39 is 5.91 Å². The third kappa shape index (κ3) is 3.64. The van der Waals surface area contributed by atoms with Gasteiger partial charge in [0.1, 0.15) is 6.61 Å². The molecule has 6 heteroatoms. The van der Waals surface area contributed by atoms with Crippen molar-refractivity contribution in [3.63, 3.8) is 0 Å². The molecule has 1 aromatic heterocycles. The van der Waals surface area contributed by atoms with E-state index in [0.29, 0.717) is 0 Å². The lowest BCUT2D eigenvalue weighted by atomic mass is 10.2. The highest BCUT2D eigenvalue weighted by Gasteiger charge is 2.09. The number of carbonyl (C=O) groups excluding carboxylic acids is 1. The molecule has 0 spiro atoms. The Labute approximate surface area is 111 Å². The highest BCUT2D eigenvalue weighted by Crippen LogP contribution is 2.13. The topological polar surface area (TPSA) is 82.2 Å². The van der Waals surface area contributed by atoms with E-state index in [2.05, 4.69) is 10.6 Å². The average Bonchev–Trinajstić information content (AvgIpc) is 2.89. The molecule has 1 unspecified atom stereocenters. The van der Waals surface area contributed by atoms with E-state index in [1.54, 1.807) is 10.9 Å². The Hall–Kier alpha value is -2.18. The number of nitrogens with zero attached hydrogens (tertiary/aromatic N) is 2. The lowest BCUT2D eigenvalue weighted by molar-refractivity contribution is -0.126. The SMILES string of the molecule is CC(NOCC(N)=O)c1cnn(-c2ccccc2)c1. The molecule has 0 aliphatic heterocycles. The summed E-state index contributed by atoms with van der Waals surface area (Å²) in [4.78, 5) is 15.5. The zero-order chi connectivity index (χ0) is 13.7. The minimum absolute atomic E-state index is 0.0863. The molecule has 1 aromatic carbocycles. The second-order valence-electron chi connectivity index (χ2n) is 4.15. The van der Waals surface area contributed by atoms with Crippen molar-refractivity contribution in [2.45, 2.75) is 13.0 Å². The summed E-state index contributed by atoms with van der Waals surface area (Å²) in [5.74, 6) is -0.514. The zero-order valence-corrected chi connectivity index (χ0v) is 10.6. The van der Waals surface area contributed by atoms with Crippen LogP contribution in [0.25, 0.3) is 5.69 Å². The molecule has 2 aromatic rings. The van der Waals surface area contributed by atoms with Gasteiger partial charge in [-0.15, -0.1) is 0 Å². The Morgan fingerprint density at radius 2 is 2.21 bits per heavy atom. The molecule has 1 amide bonds. The molecule has 0 radical (unpaired) electrons. The quantitative estimate of drug-likeness (QED) is 0.757.